The summed E-state index contributed by atoms with van der Waals surface area (Å²) in [6, 6.07) is 15.2. The van der Waals surface area contributed by atoms with Crippen molar-refractivity contribution in [1.29, 1.82) is 0 Å². The molecule has 6 heteroatoms. The smallest absolute Gasteiger partial charge is 0.238 e. The number of thiophene rings is 1. The molecule has 1 atom stereocenters. The molecule has 26 heavy (non-hydrogen) atoms. The summed E-state index contributed by atoms with van der Waals surface area (Å²) in [7, 11) is 0. The summed E-state index contributed by atoms with van der Waals surface area (Å²) >= 11 is 1.58. The van der Waals surface area contributed by atoms with E-state index < -0.39 is 23.2 Å². The molecule has 1 amide bonds. The van der Waals surface area contributed by atoms with E-state index in [1.165, 1.54) is 6.07 Å². The highest BCUT2D eigenvalue weighted by atomic mass is 32.1. The van der Waals surface area contributed by atoms with Gasteiger partial charge < -0.3 is 5.32 Å². The molecule has 0 saturated heterocycles. The molecule has 3 rings (SSSR count). The molecule has 3 nitrogen and oxygen atoms in total. The van der Waals surface area contributed by atoms with E-state index in [0.29, 0.717) is 0 Å². The van der Waals surface area contributed by atoms with Crippen LogP contribution in [0.25, 0.3) is 0 Å². The molecular weight excluding hydrogens is 354 g/mol. The van der Waals surface area contributed by atoms with Crippen LogP contribution in [0, 0.1) is 18.6 Å². The van der Waals surface area contributed by atoms with E-state index in [4.69, 9.17) is 0 Å². The number of hydrogen-bond donors (Lipinski definition) is 2. The highest BCUT2D eigenvalue weighted by Crippen LogP contribution is 2.26. The van der Waals surface area contributed by atoms with Gasteiger partial charge >= 0.3 is 0 Å². The number of rotatable bonds is 6. The lowest BCUT2D eigenvalue weighted by molar-refractivity contribution is -0.115. The normalized spacial score (nSPS) is 12.0. The maximum atomic E-state index is 13.7. The fourth-order valence-electron chi connectivity index (χ4n) is 2.59. The molecule has 0 unspecified atom stereocenters. The Kier molecular flexibility index (Phi) is 5.75. The minimum atomic E-state index is -0.799. The fourth-order valence-corrected chi connectivity index (χ4v) is 3.42. The number of para-hydroxylation sites is 1. The van der Waals surface area contributed by atoms with Gasteiger partial charge in [0.2, 0.25) is 5.91 Å². The summed E-state index contributed by atoms with van der Waals surface area (Å²) in [5.41, 5.74) is 1.73. The van der Waals surface area contributed by atoms with Gasteiger partial charge in [-0.1, -0.05) is 42.0 Å². The molecular formula is C20H18F2N2OS. The van der Waals surface area contributed by atoms with Crippen LogP contribution in [0.1, 0.15) is 22.0 Å². The van der Waals surface area contributed by atoms with Crippen molar-refractivity contribution in [1.82, 2.24) is 5.32 Å². The molecule has 0 saturated carbocycles. The maximum Gasteiger partial charge on any atom is 0.238 e. The number of benzene rings is 2. The molecule has 1 heterocycles. The first-order valence-electron chi connectivity index (χ1n) is 8.12. The van der Waals surface area contributed by atoms with Gasteiger partial charge in [-0.3, -0.25) is 10.1 Å². The minimum Gasteiger partial charge on any atom is -0.320 e. The third kappa shape index (κ3) is 4.33. The molecule has 2 N–H and O–H groups in total. The van der Waals surface area contributed by atoms with E-state index in [2.05, 4.69) is 10.6 Å². The number of halogens is 2. The van der Waals surface area contributed by atoms with Crippen molar-refractivity contribution in [3.8, 4) is 0 Å². The molecule has 0 aliphatic heterocycles. The van der Waals surface area contributed by atoms with Crippen LogP contribution in [0.15, 0.2) is 60.0 Å². The maximum absolute atomic E-state index is 13.7. The van der Waals surface area contributed by atoms with Crippen molar-refractivity contribution in [2.45, 2.75) is 13.0 Å². The molecule has 2 aromatic carbocycles. The van der Waals surface area contributed by atoms with Crippen molar-refractivity contribution < 1.29 is 13.6 Å². The van der Waals surface area contributed by atoms with E-state index in [1.54, 1.807) is 11.3 Å². The predicted octanol–water partition coefficient (Wildman–Crippen LogP) is 4.65. The quantitative estimate of drug-likeness (QED) is 0.661. The summed E-state index contributed by atoms with van der Waals surface area (Å²) in [5.74, 6) is -2.11. The zero-order valence-corrected chi connectivity index (χ0v) is 14.9. The molecule has 0 aliphatic rings. The second kappa shape index (κ2) is 8.21. The van der Waals surface area contributed by atoms with Crippen LogP contribution < -0.4 is 10.6 Å². The predicted molar refractivity (Wildman–Crippen MR) is 100 cm³/mol. The van der Waals surface area contributed by atoms with E-state index in [9.17, 15) is 13.6 Å². The molecule has 0 aliphatic carbocycles. The van der Waals surface area contributed by atoms with Crippen LogP contribution in [0.3, 0.4) is 0 Å². The second-order valence-electron chi connectivity index (χ2n) is 5.88. The Morgan fingerprint density at radius 1 is 1.04 bits per heavy atom. The van der Waals surface area contributed by atoms with E-state index in [0.717, 1.165) is 28.1 Å². The number of aryl methyl sites for hydroxylation is 1. The van der Waals surface area contributed by atoms with Gasteiger partial charge in [0.05, 0.1) is 12.6 Å². The minimum absolute atomic E-state index is 0.0791. The van der Waals surface area contributed by atoms with Gasteiger partial charge in [-0.25, -0.2) is 8.78 Å². The highest BCUT2D eigenvalue weighted by molar-refractivity contribution is 7.10. The van der Waals surface area contributed by atoms with Gasteiger partial charge in [-0.05, 0) is 36.1 Å². The van der Waals surface area contributed by atoms with Crippen LogP contribution in [0.2, 0.25) is 0 Å². The van der Waals surface area contributed by atoms with Crippen molar-refractivity contribution in [3.63, 3.8) is 0 Å². The van der Waals surface area contributed by atoms with Gasteiger partial charge in [0, 0.05) is 4.88 Å². The lowest BCUT2D eigenvalue weighted by Gasteiger charge is -2.18. The first-order chi connectivity index (χ1) is 12.5. The number of hydrogen-bond acceptors (Lipinski definition) is 3. The van der Waals surface area contributed by atoms with Crippen LogP contribution >= 0.6 is 11.3 Å². The number of nitrogens with one attached hydrogen (secondary N) is 2. The number of carbonyl (C=O) groups is 1. The SMILES string of the molecule is Cc1ccc([C@H](NCC(=O)Nc2c(F)cccc2F)c2cccs2)cc1. The Hall–Kier alpha value is -2.57. The molecule has 1 aromatic heterocycles. The molecule has 0 bridgehead atoms. The summed E-state index contributed by atoms with van der Waals surface area (Å²) in [4.78, 5) is 13.2. The van der Waals surface area contributed by atoms with Crippen molar-refractivity contribution >= 4 is 22.9 Å². The largest absolute Gasteiger partial charge is 0.320 e. The molecule has 134 valence electrons. The summed E-state index contributed by atoms with van der Waals surface area (Å²) < 4.78 is 27.3. The van der Waals surface area contributed by atoms with Crippen LogP contribution in [-0.2, 0) is 4.79 Å². The molecule has 3 aromatic rings. The van der Waals surface area contributed by atoms with Gasteiger partial charge in [-0.2, -0.15) is 0 Å². The Bertz CT molecular complexity index is 859. The van der Waals surface area contributed by atoms with Gasteiger partial charge in [-0.15, -0.1) is 11.3 Å². The Balaban J connectivity index is 1.72. The summed E-state index contributed by atoms with van der Waals surface area (Å²) in [5, 5.41) is 7.43. The topological polar surface area (TPSA) is 41.1 Å². The lowest BCUT2D eigenvalue weighted by Crippen LogP contribution is -2.32. The van der Waals surface area contributed by atoms with E-state index in [1.807, 2.05) is 48.7 Å². The van der Waals surface area contributed by atoms with E-state index in [-0.39, 0.29) is 12.6 Å². The first-order valence-corrected chi connectivity index (χ1v) is 9.00. The van der Waals surface area contributed by atoms with Gasteiger partial charge in [0.1, 0.15) is 17.3 Å². The van der Waals surface area contributed by atoms with Crippen molar-refractivity contribution in [3.05, 3.63) is 87.6 Å². The number of carbonyl (C=O) groups excluding carboxylic acids is 1. The van der Waals surface area contributed by atoms with Crippen LogP contribution in [0.5, 0.6) is 0 Å². The number of anilines is 1. The van der Waals surface area contributed by atoms with Crippen molar-refractivity contribution in [2.75, 3.05) is 11.9 Å². The third-order valence-electron chi connectivity index (χ3n) is 3.93. The Labute approximate surface area is 154 Å². The average Bonchev–Trinajstić information content (AvgIpc) is 3.14. The zero-order valence-electron chi connectivity index (χ0n) is 14.1. The van der Waals surface area contributed by atoms with Crippen LogP contribution in [0.4, 0.5) is 14.5 Å². The second-order valence-corrected chi connectivity index (χ2v) is 6.86. The summed E-state index contributed by atoms with van der Waals surface area (Å²) in [6.45, 7) is 1.93. The van der Waals surface area contributed by atoms with Gasteiger partial charge in [0.15, 0.2) is 0 Å². The first kappa shape index (κ1) is 18.2. The standard InChI is InChI=1S/C20H18F2N2OS/c1-13-7-9-14(10-8-13)19(17-6-3-11-26-17)23-12-18(25)24-20-15(21)4-2-5-16(20)22/h2-11,19,23H,12H2,1H3,(H,24,25)/t19-/m0/s1. The monoisotopic (exact) mass is 372 g/mol. The van der Waals surface area contributed by atoms with Crippen molar-refractivity contribution in [2.24, 2.45) is 0 Å². The number of amides is 1. The molecule has 0 spiro atoms. The average molecular weight is 372 g/mol. The fraction of sp³-hybridized carbons (Fsp3) is 0.150. The lowest BCUT2D eigenvalue weighted by atomic mass is 10.0. The Morgan fingerprint density at radius 3 is 2.35 bits per heavy atom. The third-order valence-corrected chi connectivity index (χ3v) is 4.87. The molecule has 0 radical (unpaired) electrons. The Morgan fingerprint density at radius 2 is 1.73 bits per heavy atom. The van der Waals surface area contributed by atoms with Crippen LogP contribution in [-0.4, -0.2) is 12.5 Å². The van der Waals surface area contributed by atoms with Gasteiger partial charge in [0.25, 0.3) is 0 Å². The highest BCUT2D eigenvalue weighted by Gasteiger charge is 2.17. The van der Waals surface area contributed by atoms with E-state index >= 15 is 0 Å². The molecule has 0 fully saturated rings. The zero-order chi connectivity index (χ0) is 18.5. The summed E-state index contributed by atoms with van der Waals surface area (Å²) in [6.07, 6.45) is 0.